The second kappa shape index (κ2) is 5.91. The van der Waals surface area contributed by atoms with E-state index in [1.807, 2.05) is 0 Å². The summed E-state index contributed by atoms with van der Waals surface area (Å²) in [5.74, 6) is 4.31. The normalized spacial score (nSPS) is 27.5. The van der Waals surface area contributed by atoms with E-state index in [4.69, 9.17) is 14.1 Å². The van der Waals surface area contributed by atoms with Crippen LogP contribution in [-0.4, -0.2) is 28.7 Å². The lowest BCUT2D eigenvalue weighted by molar-refractivity contribution is 0.251. The summed E-state index contributed by atoms with van der Waals surface area (Å²) >= 11 is 0. The van der Waals surface area contributed by atoms with E-state index in [1.54, 1.807) is 0 Å². The molecular weight excluding hydrogens is 290 g/mol. The van der Waals surface area contributed by atoms with Crippen LogP contribution in [0.3, 0.4) is 0 Å². The maximum Gasteiger partial charge on any atom is 0.219 e. The van der Waals surface area contributed by atoms with Gasteiger partial charge in [-0.05, 0) is 24.7 Å². The molecule has 2 aliphatic rings. The van der Waals surface area contributed by atoms with Crippen molar-refractivity contribution in [2.24, 2.45) is 22.2 Å². The van der Waals surface area contributed by atoms with Crippen molar-refractivity contribution in [1.82, 2.24) is 10.2 Å². The Morgan fingerprint density at radius 2 is 1.91 bits per heavy atom. The Bertz CT molecular complexity index is 589. The quantitative estimate of drug-likeness (QED) is 0.789. The molecule has 1 aliphatic carbocycles. The van der Waals surface area contributed by atoms with Crippen molar-refractivity contribution in [2.45, 2.75) is 72.3 Å². The van der Waals surface area contributed by atoms with Crippen LogP contribution >= 0.6 is 0 Å². The summed E-state index contributed by atoms with van der Waals surface area (Å²) in [6.45, 7) is 13.7. The molecule has 0 radical (unpaired) electrons. The molecule has 3 atom stereocenters. The third-order valence-electron chi connectivity index (χ3n) is 4.98. The lowest BCUT2D eigenvalue weighted by atomic mass is 9.86. The lowest BCUT2D eigenvalue weighted by Gasteiger charge is -2.23. The van der Waals surface area contributed by atoms with Crippen LogP contribution in [0.15, 0.2) is 9.41 Å². The average molecular weight is 319 g/mol. The van der Waals surface area contributed by atoms with E-state index < -0.39 is 0 Å². The Balaban J connectivity index is 1.61. The van der Waals surface area contributed by atoms with E-state index in [2.05, 4.69) is 51.7 Å². The molecule has 0 amide bonds. The molecule has 0 spiro atoms. The number of hydrogen-bond acceptors (Lipinski definition) is 5. The van der Waals surface area contributed by atoms with Crippen molar-refractivity contribution in [3.8, 4) is 0 Å². The molecule has 5 nitrogen and oxygen atoms in total. The molecule has 1 aromatic rings. The van der Waals surface area contributed by atoms with Gasteiger partial charge in [0.25, 0.3) is 0 Å². The van der Waals surface area contributed by atoms with Gasteiger partial charge < -0.3 is 9.15 Å². The van der Waals surface area contributed by atoms with Crippen LogP contribution in [0.4, 0.5) is 0 Å². The zero-order chi connectivity index (χ0) is 16.8. The zero-order valence-corrected chi connectivity index (χ0v) is 15.2. The Labute approximate surface area is 138 Å². The number of hydrogen-bond donors (Lipinski definition) is 0. The number of ether oxygens (including phenoxy) is 1. The van der Waals surface area contributed by atoms with Gasteiger partial charge in [-0.2, -0.15) is 0 Å². The molecule has 1 aliphatic heterocycles. The van der Waals surface area contributed by atoms with Crippen LogP contribution in [-0.2, 0) is 4.74 Å². The molecule has 3 unspecified atom stereocenters. The van der Waals surface area contributed by atoms with E-state index in [1.165, 1.54) is 0 Å². The van der Waals surface area contributed by atoms with Gasteiger partial charge in [0.05, 0.1) is 6.04 Å². The van der Waals surface area contributed by atoms with E-state index >= 15 is 0 Å². The van der Waals surface area contributed by atoms with Gasteiger partial charge in [0, 0.05) is 17.3 Å². The SMILES string of the molecule is CC(C)c1nnc(C2CC2CC(C)(C)C2=NC(C(C)C)CO2)o1. The van der Waals surface area contributed by atoms with Gasteiger partial charge in [-0.15, -0.1) is 10.2 Å². The van der Waals surface area contributed by atoms with Crippen molar-refractivity contribution in [1.29, 1.82) is 0 Å². The van der Waals surface area contributed by atoms with Crippen molar-refractivity contribution in [2.75, 3.05) is 6.61 Å². The van der Waals surface area contributed by atoms with Crippen LogP contribution < -0.4 is 0 Å². The molecule has 3 rings (SSSR count). The average Bonchev–Trinajstić information content (AvgIpc) is 2.96. The van der Waals surface area contributed by atoms with Crippen LogP contribution in [0.1, 0.15) is 78.0 Å². The molecule has 0 aromatic carbocycles. The molecule has 128 valence electrons. The van der Waals surface area contributed by atoms with E-state index in [9.17, 15) is 0 Å². The first kappa shape index (κ1) is 16.5. The van der Waals surface area contributed by atoms with Crippen molar-refractivity contribution in [3.05, 3.63) is 11.8 Å². The fraction of sp³-hybridized carbons (Fsp3) is 0.833. The standard InChI is InChI=1S/C18H29N3O2/c1-10(2)14-9-22-17(19-14)18(5,6)8-12-7-13(12)16-21-20-15(23-16)11(3)4/h10-14H,7-9H2,1-6H3. The lowest BCUT2D eigenvalue weighted by Crippen LogP contribution is -2.25. The van der Waals surface area contributed by atoms with Crippen molar-refractivity contribution >= 4 is 5.90 Å². The molecule has 1 saturated carbocycles. The first-order valence-electron chi connectivity index (χ1n) is 8.82. The second-order valence-corrected chi connectivity index (χ2v) is 8.38. The first-order valence-corrected chi connectivity index (χ1v) is 8.82. The Hall–Kier alpha value is -1.39. The highest BCUT2D eigenvalue weighted by molar-refractivity contribution is 5.83. The molecule has 0 saturated heterocycles. The van der Waals surface area contributed by atoms with E-state index in [-0.39, 0.29) is 5.41 Å². The van der Waals surface area contributed by atoms with Gasteiger partial charge in [0.2, 0.25) is 11.8 Å². The largest absolute Gasteiger partial charge is 0.478 e. The highest BCUT2D eigenvalue weighted by Gasteiger charge is 2.47. The summed E-state index contributed by atoms with van der Waals surface area (Å²) in [6.07, 6.45) is 2.19. The summed E-state index contributed by atoms with van der Waals surface area (Å²) in [5, 5.41) is 8.38. The van der Waals surface area contributed by atoms with Crippen LogP contribution in [0, 0.1) is 17.3 Å². The summed E-state index contributed by atoms with van der Waals surface area (Å²) in [4.78, 5) is 4.81. The van der Waals surface area contributed by atoms with Crippen molar-refractivity contribution < 1.29 is 9.15 Å². The van der Waals surface area contributed by atoms with Gasteiger partial charge in [-0.3, -0.25) is 0 Å². The van der Waals surface area contributed by atoms with E-state index in [0.29, 0.717) is 29.7 Å². The monoisotopic (exact) mass is 319 g/mol. The predicted octanol–water partition coefficient (Wildman–Crippen LogP) is 4.17. The van der Waals surface area contributed by atoms with Gasteiger partial charge >= 0.3 is 0 Å². The van der Waals surface area contributed by atoms with E-state index in [0.717, 1.165) is 37.1 Å². The first-order chi connectivity index (χ1) is 10.8. The Morgan fingerprint density at radius 1 is 1.17 bits per heavy atom. The highest BCUT2D eigenvalue weighted by Crippen LogP contribution is 2.53. The third kappa shape index (κ3) is 3.43. The molecular formula is C18H29N3O2. The molecule has 23 heavy (non-hydrogen) atoms. The van der Waals surface area contributed by atoms with Crippen LogP contribution in [0.5, 0.6) is 0 Å². The van der Waals surface area contributed by atoms with Gasteiger partial charge in [-0.25, -0.2) is 4.99 Å². The number of nitrogens with zero attached hydrogens (tertiary/aromatic N) is 3. The Morgan fingerprint density at radius 3 is 2.48 bits per heavy atom. The fourth-order valence-electron chi connectivity index (χ4n) is 3.25. The minimum absolute atomic E-state index is 0.0239. The molecule has 1 fully saturated rings. The fourth-order valence-corrected chi connectivity index (χ4v) is 3.25. The number of aliphatic imine (C=N–C) groups is 1. The third-order valence-corrected chi connectivity index (χ3v) is 4.98. The van der Waals surface area contributed by atoms with Crippen LogP contribution in [0.2, 0.25) is 0 Å². The van der Waals surface area contributed by atoms with Gasteiger partial charge in [0.15, 0.2) is 5.90 Å². The zero-order valence-electron chi connectivity index (χ0n) is 15.2. The Kier molecular flexibility index (Phi) is 4.23. The highest BCUT2D eigenvalue weighted by atomic mass is 16.5. The van der Waals surface area contributed by atoms with Crippen LogP contribution in [0.25, 0.3) is 0 Å². The number of rotatable bonds is 6. The summed E-state index contributed by atoms with van der Waals surface area (Å²) in [5.41, 5.74) is -0.0239. The minimum atomic E-state index is -0.0239. The molecule has 5 heteroatoms. The molecule has 2 heterocycles. The topological polar surface area (TPSA) is 60.5 Å². The summed E-state index contributed by atoms with van der Waals surface area (Å²) < 4.78 is 11.7. The maximum absolute atomic E-state index is 5.90. The predicted molar refractivity (Wildman–Crippen MR) is 89.6 cm³/mol. The summed E-state index contributed by atoms with van der Waals surface area (Å²) in [7, 11) is 0. The minimum Gasteiger partial charge on any atom is -0.478 e. The van der Waals surface area contributed by atoms with Gasteiger partial charge in [-0.1, -0.05) is 41.5 Å². The van der Waals surface area contributed by atoms with Crippen molar-refractivity contribution in [3.63, 3.8) is 0 Å². The number of aromatic nitrogens is 2. The second-order valence-electron chi connectivity index (χ2n) is 8.38. The molecule has 0 bridgehead atoms. The smallest absolute Gasteiger partial charge is 0.219 e. The summed E-state index contributed by atoms with van der Waals surface area (Å²) in [6, 6.07) is 0.309. The maximum atomic E-state index is 5.90. The molecule has 1 aromatic heterocycles. The molecule has 0 N–H and O–H groups in total. The van der Waals surface area contributed by atoms with Gasteiger partial charge in [0.1, 0.15) is 6.61 Å².